The van der Waals surface area contributed by atoms with Crippen molar-refractivity contribution >= 4 is 29.0 Å². The molecule has 3 heterocycles. The van der Waals surface area contributed by atoms with Gasteiger partial charge in [0.1, 0.15) is 0 Å². The highest BCUT2D eigenvalue weighted by atomic mass is 32.1. The van der Waals surface area contributed by atoms with Crippen LogP contribution in [0.3, 0.4) is 0 Å². The Morgan fingerprint density at radius 2 is 2.15 bits per heavy atom. The lowest BCUT2D eigenvalue weighted by Gasteiger charge is -2.32. The van der Waals surface area contributed by atoms with Gasteiger partial charge in [0.05, 0.1) is 22.6 Å². The van der Waals surface area contributed by atoms with Crippen LogP contribution in [0.5, 0.6) is 11.5 Å². The number of amides is 1. The second kappa shape index (κ2) is 6.45. The lowest BCUT2D eigenvalue weighted by molar-refractivity contribution is -0.385. The molecular weight excluding hydrogens is 356 g/mol. The minimum Gasteiger partial charge on any atom is -0.454 e. The Morgan fingerprint density at radius 1 is 1.38 bits per heavy atom. The largest absolute Gasteiger partial charge is 0.454 e. The molecule has 0 N–H and O–H groups in total. The number of hydrogen-bond acceptors (Lipinski definition) is 6. The van der Waals surface area contributed by atoms with Gasteiger partial charge < -0.3 is 14.4 Å². The molecule has 0 radical (unpaired) electrons. The first-order chi connectivity index (χ1) is 12.5. The first-order valence-corrected chi connectivity index (χ1v) is 9.05. The molecule has 0 bridgehead atoms. The summed E-state index contributed by atoms with van der Waals surface area (Å²) in [5.41, 5.74) is 1.37. The van der Waals surface area contributed by atoms with E-state index in [1.165, 1.54) is 34.7 Å². The number of thiophene rings is 1. The molecule has 8 heteroatoms. The molecular formula is C18H16N2O5S. The summed E-state index contributed by atoms with van der Waals surface area (Å²) in [6, 6.07) is 4.90. The maximum absolute atomic E-state index is 12.6. The van der Waals surface area contributed by atoms with Gasteiger partial charge in [-0.3, -0.25) is 14.9 Å². The third-order valence-electron chi connectivity index (χ3n) is 4.68. The predicted molar refractivity (Wildman–Crippen MR) is 96.4 cm³/mol. The van der Waals surface area contributed by atoms with E-state index in [0.29, 0.717) is 23.6 Å². The van der Waals surface area contributed by atoms with E-state index in [2.05, 4.69) is 6.07 Å². The van der Waals surface area contributed by atoms with Crippen LogP contribution in [0.4, 0.5) is 5.69 Å². The van der Waals surface area contributed by atoms with Crippen molar-refractivity contribution in [2.75, 3.05) is 13.3 Å². The minimum absolute atomic E-state index is 0.00566. The summed E-state index contributed by atoms with van der Waals surface area (Å²) in [6.45, 7) is 2.67. The van der Waals surface area contributed by atoms with E-state index >= 15 is 0 Å². The van der Waals surface area contributed by atoms with Crippen LogP contribution >= 0.6 is 11.3 Å². The fourth-order valence-corrected chi connectivity index (χ4v) is 4.27. The summed E-state index contributed by atoms with van der Waals surface area (Å²) < 4.78 is 10.5. The fourth-order valence-electron chi connectivity index (χ4n) is 3.31. The number of hydrogen-bond donors (Lipinski definition) is 0. The Morgan fingerprint density at radius 3 is 2.92 bits per heavy atom. The molecule has 0 aliphatic carbocycles. The van der Waals surface area contributed by atoms with Crippen molar-refractivity contribution in [3.63, 3.8) is 0 Å². The van der Waals surface area contributed by atoms with E-state index < -0.39 is 4.92 Å². The summed E-state index contributed by atoms with van der Waals surface area (Å²) in [6.07, 6.45) is 3.69. The minimum atomic E-state index is -0.493. The van der Waals surface area contributed by atoms with Crippen LogP contribution in [0.25, 0.3) is 6.08 Å². The molecule has 0 saturated heterocycles. The Bertz CT molecular complexity index is 920. The van der Waals surface area contributed by atoms with Gasteiger partial charge in [-0.2, -0.15) is 0 Å². The van der Waals surface area contributed by atoms with Crippen LogP contribution in [-0.4, -0.2) is 29.1 Å². The molecule has 7 nitrogen and oxygen atoms in total. The van der Waals surface area contributed by atoms with Crippen molar-refractivity contribution in [3.05, 3.63) is 55.8 Å². The highest BCUT2D eigenvalue weighted by Crippen LogP contribution is 2.38. The zero-order valence-electron chi connectivity index (χ0n) is 14.0. The Hall–Kier alpha value is -2.87. The summed E-state index contributed by atoms with van der Waals surface area (Å²) >= 11 is 1.71. The van der Waals surface area contributed by atoms with Crippen LogP contribution in [-0.2, 0) is 11.2 Å². The molecule has 2 aromatic rings. The van der Waals surface area contributed by atoms with E-state index in [1.54, 1.807) is 16.2 Å². The first kappa shape index (κ1) is 16.6. The van der Waals surface area contributed by atoms with Crippen molar-refractivity contribution in [1.29, 1.82) is 0 Å². The van der Waals surface area contributed by atoms with Crippen molar-refractivity contribution in [3.8, 4) is 11.5 Å². The molecule has 26 heavy (non-hydrogen) atoms. The summed E-state index contributed by atoms with van der Waals surface area (Å²) in [5, 5.41) is 13.4. The fraction of sp³-hybridized carbons (Fsp3) is 0.278. The Balaban J connectivity index is 1.59. The van der Waals surface area contributed by atoms with E-state index in [9.17, 15) is 14.9 Å². The van der Waals surface area contributed by atoms with Gasteiger partial charge in [0, 0.05) is 17.5 Å². The number of nitro groups is 1. The zero-order valence-corrected chi connectivity index (χ0v) is 14.8. The summed E-state index contributed by atoms with van der Waals surface area (Å²) in [5.74, 6) is 0.619. The highest BCUT2D eigenvalue weighted by molar-refractivity contribution is 7.10. The van der Waals surface area contributed by atoms with Crippen molar-refractivity contribution < 1.29 is 19.2 Å². The SMILES string of the molecule is C[C@@H]1c2ccsc2CCN1C(=O)/C=C/c1cc2c(cc1[N+](=O)[O-])OCO2. The molecule has 1 atom stereocenters. The van der Waals surface area contributed by atoms with Gasteiger partial charge in [-0.05, 0) is 42.5 Å². The van der Waals surface area contributed by atoms with Crippen molar-refractivity contribution in [1.82, 2.24) is 4.90 Å². The maximum Gasteiger partial charge on any atom is 0.280 e. The molecule has 0 fully saturated rings. The molecule has 0 saturated carbocycles. The van der Waals surface area contributed by atoms with Gasteiger partial charge in [-0.1, -0.05) is 0 Å². The number of fused-ring (bicyclic) bond motifs is 2. The summed E-state index contributed by atoms with van der Waals surface area (Å²) in [4.78, 5) is 26.6. The zero-order chi connectivity index (χ0) is 18.3. The quantitative estimate of drug-likeness (QED) is 0.468. The monoisotopic (exact) mass is 372 g/mol. The van der Waals surface area contributed by atoms with Crippen LogP contribution in [0.15, 0.2) is 29.7 Å². The third kappa shape index (κ3) is 2.82. The average molecular weight is 372 g/mol. The molecule has 4 rings (SSSR count). The molecule has 2 aliphatic rings. The molecule has 134 valence electrons. The van der Waals surface area contributed by atoms with Crippen LogP contribution < -0.4 is 9.47 Å². The van der Waals surface area contributed by atoms with Crippen LogP contribution in [0.2, 0.25) is 0 Å². The number of carbonyl (C=O) groups is 1. The molecule has 2 aliphatic heterocycles. The topological polar surface area (TPSA) is 81.9 Å². The molecule has 0 spiro atoms. The number of rotatable bonds is 3. The van der Waals surface area contributed by atoms with Crippen LogP contribution in [0.1, 0.15) is 29.0 Å². The highest BCUT2D eigenvalue weighted by Gasteiger charge is 2.27. The van der Waals surface area contributed by atoms with Gasteiger partial charge in [-0.15, -0.1) is 11.3 Å². The lowest BCUT2D eigenvalue weighted by atomic mass is 10.0. The Kier molecular flexibility index (Phi) is 4.12. The number of ether oxygens (including phenoxy) is 2. The molecule has 1 aromatic carbocycles. The number of carbonyl (C=O) groups excluding carboxylic acids is 1. The van der Waals surface area contributed by atoms with Gasteiger partial charge in [0.15, 0.2) is 11.5 Å². The molecule has 0 unspecified atom stereocenters. The maximum atomic E-state index is 12.6. The smallest absolute Gasteiger partial charge is 0.280 e. The van der Waals surface area contributed by atoms with Crippen molar-refractivity contribution in [2.45, 2.75) is 19.4 Å². The normalized spacial score (nSPS) is 18.2. The second-order valence-electron chi connectivity index (χ2n) is 6.11. The average Bonchev–Trinajstić information content (AvgIpc) is 3.27. The number of nitro benzene ring substituents is 1. The van der Waals surface area contributed by atoms with Crippen LogP contribution in [0, 0.1) is 10.1 Å². The first-order valence-electron chi connectivity index (χ1n) is 8.17. The van der Waals surface area contributed by atoms with Gasteiger partial charge in [0.2, 0.25) is 12.7 Å². The number of nitrogens with zero attached hydrogens (tertiary/aromatic N) is 2. The van der Waals surface area contributed by atoms with Gasteiger partial charge >= 0.3 is 0 Å². The van der Waals surface area contributed by atoms with E-state index in [1.807, 2.05) is 12.3 Å². The van der Waals surface area contributed by atoms with E-state index in [-0.39, 0.29) is 24.4 Å². The van der Waals surface area contributed by atoms with Gasteiger partial charge in [-0.25, -0.2) is 0 Å². The second-order valence-corrected chi connectivity index (χ2v) is 7.11. The lowest BCUT2D eigenvalue weighted by Crippen LogP contribution is -2.37. The van der Waals surface area contributed by atoms with Crippen molar-refractivity contribution in [2.24, 2.45) is 0 Å². The van der Waals surface area contributed by atoms with E-state index in [4.69, 9.17) is 9.47 Å². The molecule has 1 aromatic heterocycles. The number of benzene rings is 1. The standard InChI is InChI=1S/C18H16N2O5S/c1-11-13-5-7-26-17(13)4-6-19(11)18(21)3-2-12-8-15-16(25-10-24-15)9-14(12)20(22)23/h2-3,5,7-9,11H,4,6,10H2,1H3/b3-2+/t11-/m1/s1. The van der Waals surface area contributed by atoms with Gasteiger partial charge in [0.25, 0.3) is 5.69 Å². The summed E-state index contributed by atoms with van der Waals surface area (Å²) in [7, 11) is 0. The predicted octanol–water partition coefficient (Wildman–Crippen LogP) is 3.54. The Labute approximate surface area is 153 Å². The third-order valence-corrected chi connectivity index (χ3v) is 5.68. The van der Waals surface area contributed by atoms with E-state index in [0.717, 1.165) is 6.42 Å². The molecule has 1 amide bonds.